The predicted octanol–water partition coefficient (Wildman–Crippen LogP) is 1.91. The van der Waals surface area contributed by atoms with Crippen LogP contribution in [-0.2, 0) is 4.74 Å². The molecular weight excluding hydrogens is 344 g/mol. The van der Waals surface area contributed by atoms with Crippen LogP contribution in [-0.4, -0.2) is 51.2 Å². The van der Waals surface area contributed by atoms with Gasteiger partial charge in [-0.15, -0.1) is 5.10 Å². The van der Waals surface area contributed by atoms with Gasteiger partial charge >= 0.3 is 0 Å². The number of anilines is 1. The fourth-order valence-corrected chi connectivity index (χ4v) is 3.81. The molecule has 0 aromatic carbocycles. The molecule has 26 heavy (non-hydrogen) atoms. The molecule has 1 saturated heterocycles. The summed E-state index contributed by atoms with van der Waals surface area (Å²) in [6.45, 7) is 0.737. The Balaban J connectivity index is 1.73. The molecule has 1 saturated carbocycles. The van der Waals surface area contributed by atoms with Gasteiger partial charge in [-0.2, -0.15) is 5.26 Å². The van der Waals surface area contributed by atoms with E-state index in [2.05, 4.69) is 15.4 Å². The van der Waals surface area contributed by atoms with E-state index in [0.29, 0.717) is 31.6 Å². The lowest BCUT2D eigenvalue weighted by atomic mass is 10.0. The van der Waals surface area contributed by atoms with Crippen molar-refractivity contribution in [3.63, 3.8) is 0 Å². The lowest BCUT2D eigenvalue weighted by Gasteiger charge is -2.28. The predicted molar refractivity (Wildman–Crippen MR) is 88.0 cm³/mol. The first kappa shape index (κ1) is 17.1. The average Bonchev–Trinajstić information content (AvgIpc) is 3.17. The number of rotatable bonds is 3. The van der Waals surface area contributed by atoms with Crippen LogP contribution in [0.3, 0.4) is 0 Å². The maximum Gasteiger partial charge on any atom is 0.241 e. The van der Waals surface area contributed by atoms with Gasteiger partial charge in [0.1, 0.15) is 23.3 Å². The van der Waals surface area contributed by atoms with Crippen molar-refractivity contribution >= 4 is 11.5 Å². The van der Waals surface area contributed by atoms with Gasteiger partial charge in [-0.3, -0.25) is 0 Å². The smallest absolute Gasteiger partial charge is 0.241 e. The van der Waals surface area contributed by atoms with Crippen LogP contribution in [0, 0.1) is 17.1 Å². The van der Waals surface area contributed by atoms with Crippen LogP contribution >= 0.6 is 0 Å². The molecule has 0 amide bonds. The molecule has 2 N–H and O–H groups in total. The lowest BCUT2D eigenvalue weighted by Crippen LogP contribution is -2.42. The summed E-state index contributed by atoms with van der Waals surface area (Å²) in [5.74, 6) is -0.713. The van der Waals surface area contributed by atoms with Gasteiger partial charge in [-0.05, 0) is 25.7 Å². The van der Waals surface area contributed by atoms with E-state index >= 15 is 0 Å². The number of nitriles is 1. The molecule has 2 fully saturated rings. The maximum atomic E-state index is 14.6. The summed E-state index contributed by atoms with van der Waals surface area (Å²) in [4.78, 5) is 4.11. The van der Waals surface area contributed by atoms with Crippen molar-refractivity contribution in [3.8, 4) is 6.07 Å². The molecule has 4 atom stereocenters. The molecule has 2 aliphatic rings. The van der Waals surface area contributed by atoms with Gasteiger partial charge in [0.25, 0.3) is 0 Å². The second-order valence-corrected chi connectivity index (χ2v) is 6.85. The molecule has 0 bridgehead atoms. The van der Waals surface area contributed by atoms with Crippen molar-refractivity contribution < 1.29 is 18.6 Å². The zero-order valence-corrected chi connectivity index (χ0v) is 14.0. The van der Waals surface area contributed by atoms with Crippen molar-refractivity contribution in [2.45, 2.75) is 49.9 Å². The lowest BCUT2D eigenvalue weighted by molar-refractivity contribution is -0.0136. The first-order chi connectivity index (χ1) is 12.6. The number of fused-ring (bicyclic) bond motifs is 1. The molecule has 1 aliphatic heterocycles. The van der Waals surface area contributed by atoms with Crippen molar-refractivity contribution in [2.24, 2.45) is 0 Å². The minimum Gasteiger partial charge on any atom is -0.389 e. The standard InChI is InChI=1S/C17H19F2N5O2/c18-10-2-1-9(5-10)16-11(6-20)15(19)13-7-21-17(23-24(13)16)22-12-3-4-26-8-14(12)25/h7,9-10,12,14,25H,1-5,8H2,(H,22,23)/t9-,10+,12+,14+/m0/s1. The molecule has 138 valence electrons. The Bertz CT molecular complexity index is 865. The van der Waals surface area contributed by atoms with Gasteiger partial charge in [-0.25, -0.2) is 18.3 Å². The number of aliphatic hydroxyl groups excluding tert-OH is 1. The summed E-state index contributed by atoms with van der Waals surface area (Å²) in [5, 5.41) is 26.8. The van der Waals surface area contributed by atoms with Crippen LogP contribution in [0.15, 0.2) is 6.20 Å². The highest BCUT2D eigenvalue weighted by atomic mass is 19.1. The molecule has 0 spiro atoms. The molecule has 9 heteroatoms. The summed E-state index contributed by atoms with van der Waals surface area (Å²) in [6, 6.07) is 1.61. The summed E-state index contributed by atoms with van der Waals surface area (Å²) < 4.78 is 34.8. The van der Waals surface area contributed by atoms with E-state index in [1.165, 1.54) is 10.7 Å². The SMILES string of the molecule is N#Cc1c(F)c2cnc(N[C@@H]3CCOC[C@H]3O)nn2c1[C@H]1CC[C@@H](F)C1. The van der Waals surface area contributed by atoms with Crippen LogP contribution in [0.5, 0.6) is 0 Å². The summed E-state index contributed by atoms with van der Waals surface area (Å²) in [5.41, 5.74) is 0.400. The Kier molecular flexibility index (Phi) is 4.46. The Labute approximate surface area is 148 Å². The van der Waals surface area contributed by atoms with Crippen molar-refractivity contribution in [3.05, 3.63) is 23.3 Å². The van der Waals surface area contributed by atoms with Crippen molar-refractivity contribution in [2.75, 3.05) is 18.5 Å². The summed E-state index contributed by atoms with van der Waals surface area (Å²) >= 11 is 0. The number of ether oxygens (including phenoxy) is 1. The van der Waals surface area contributed by atoms with E-state index < -0.39 is 18.1 Å². The Morgan fingerprint density at radius 2 is 2.23 bits per heavy atom. The minimum atomic E-state index is -0.947. The fraction of sp³-hybridized carbons (Fsp3) is 0.588. The number of aliphatic hydroxyl groups is 1. The molecule has 0 radical (unpaired) electrons. The van der Waals surface area contributed by atoms with E-state index in [1.807, 2.05) is 6.07 Å². The number of nitrogens with zero attached hydrogens (tertiary/aromatic N) is 4. The summed E-state index contributed by atoms with van der Waals surface area (Å²) in [7, 11) is 0. The molecule has 7 nitrogen and oxygen atoms in total. The van der Waals surface area contributed by atoms with Crippen molar-refractivity contribution in [1.29, 1.82) is 5.26 Å². The number of nitrogens with one attached hydrogen (secondary N) is 1. The van der Waals surface area contributed by atoms with Crippen LogP contribution in [0.2, 0.25) is 0 Å². The number of hydrogen-bond acceptors (Lipinski definition) is 6. The van der Waals surface area contributed by atoms with E-state index in [0.717, 1.165) is 0 Å². The first-order valence-corrected chi connectivity index (χ1v) is 8.72. The third kappa shape index (κ3) is 2.89. The number of hydrogen-bond donors (Lipinski definition) is 2. The van der Waals surface area contributed by atoms with Crippen molar-refractivity contribution in [1.82, 2.24) is 14.6 Å². The van der Waals surface area contributed by atoms with E-state index in [1.54, 1.807) is 0 Å². The second kappa shape index (κ2) is 6.78. The maximum absolute atomic E-state index is 14.6. The number of aromatic nitrogens is 3. The highest BCUT2D eigenvalue weighted by Gasteiger charge is 2.33. The van der Waals surface area contributed by atoms with E-state index in [4.69, 9.17) is 4.74 Å². The third-order valence-electron chi connectivity index (χ3n) is 5.17. The largest absolute Gasteiger partial charge is 0.389 e. The number of halogens is 2. The highest BCUT2D eigenvalue weighted by Crippen LogP contribution is 2.39. The Hall–Kier alpha value is -2.31. The second-order valence-electron chi connectivity index (χ2n) is 6.85. The van der Waals surface area contributed by atoms with E-state index in [-0.39, 0.29) is 42.0 Å². The number of alkyl halides is 1. The monoisotopic (exact) mass is 363 g/mol. The molecular formula is C17H19F2N5O2. The van der Waals surface area contributed by atoms with Gasteiger partial charge < -0.3 is 15.2 Å². The summed E-state index contributed by atoms with van der Waals surface area (Å²) in [6.07, 6.45) is 1.46. The first-order valence-electron chi connectivity index (χ1n) is 8.72. The van der Waals surface area contributed by atoms with Crippen LogP contribution < -0.4 is 5.32 Å². The molecule has 0 unspecified atom stereocenters. The Morgan fingerprint density at radius 3 is 2.92 bits per heavy atom. The average molecular weight is 363 g/mol. The van der Waals surface area contributed by atoms with Crippen LogP contribution in [0.1, 0.15) is 42.9 Å². The molecule has 2 aromatic rings. The van der Waals surface area contributed by atoms with Gasteiger partial charge in [0.2, 0.25) is 5.95 Å². The van der Waals surface area contributed by atoms with Gasteiger partial charge in [-0.1, -0.05) is 0 Å². The molecule has 1 aliphatic carbocycles. The quantitative estimate of drug-likeness (QED) is 0.865. The molecule has 4 rings (SSSR count). The highest BCUT2D eigenvalue weighted by molar-refractivity contribution is 5.58. The minimum absolute atomic E-state index is 0.0944. The van der Waals surface area contributed by atoms with Gasteiger partial charge in [0, 0.05) is 12.5 Å². The Morgan fingerprint density at radius 1 is 1.38 bits per heavy atom. The van der Waals surface area contributed by atoms with E-state index in [9.17, 15) is 19.1 Å². The molecule has 3 heterocycles. The zero-order valence-electron chi connectivity index (χ0n) is 14.0. The topological polar surface area (TPSA) is 95.5 Å². The third-order valence-corrected chi connectivity index (χ3v) is 5.17. The fourth-order valence-electron chi connectivity index (χ4n) is 3.81. The van der Waals surface area contributed by atoms with Crippen LogP contribution in [0.4, 0.5) is 14.7 Å². The normalized spacial score (nSPS) is 29.0. The van der Waals surface area contributed by atoms with Crippen LogP contribution in [0.25, 0.3) is 5.52 Å². The van der Waals surface area contributed by atoms with Gasteiger partial charge in [0.15, 0.2) is 5.82 Å². The van der Waals surface area contributed by atoms with Gasteiger partial charge in [0.05, 0.1) is 30.6 Å². The zero-order chi connectivity index (χ0) is 18.3. The molecule has 2 aromatic heterocycles.